The molecule has 5 rings (SSSR count). The Labute approximate surface area is 252 Å². The van der Waals surface area contributed by atoms with Gasteiger partial charge in [-0.3, -0.25) is 4.79 Å². The number of hydrogen-bond donors (Lipinski definition) is 0. The summed E-state index contributed by atoms with van der Waals surface area (Å²) in [6.07, 6.45) is 7.57. The third-order valence-corrected chi connectivity index (χ3v) is 13.7. The van der Waals surface area contributed by atoms with Crippen molar-refractivity contribution in [2.75, 3.05) is 7.11 Å². The Morgan fingerprint density at radius 1 is 1.07 bits per heavy atom. The second-order valence-electron chi connectivity index (χ2n) is 13.2. The minimum absolute atomic E-state index is 0.0602. The molecule has 2 aliphatic rings. The Balaban J connectivity index is 1.57. The first-order chi connectivity index (χ1) is 20.2. The van der Waals surface area contributed by atoms with E-state index >= 15 is 0 Å². The number of carbonyl (C=O) groups is 1. The molecular formula is C33H40F3N3O3Si. The fraction of sp³-hybridized carbons (Fsp3) is 0.455. The predicted molar refractivity (Wildman–Crippen MR) is 163 cm³/mol. The molecule has 3 heterocycles. The number of benzene rings is 2. The average molecular weight is 612 g/mol. The number of aromatic nitrogens is 2. The van der Waals surface area contributed by atoms with E-state index in [0.29, 0.717) is 30.6 Å². The Bertz CT molecular complexity index is 1540. The highest BCUT2D eigenvalue weighted by atomic mass is 28.4. The summed E-state index contributed by atoms with van der Waals surface area (Å²) in [5, 5.41) is -0.0602. The number of ether oxygens (including phenoxy) is 1. The normalized spacial score (nSPS) is 22.2. The maximum absolute atomic E-state index is 14.4. The van der Waals surface area contributed by atoms with Crippen molar-refractivity contribution < 1.29 is 27.1 Å². The number of halogens is 3. The van der Waals surface area contributed by atoms with Gasteiger partial charge in [0.15, 0.2) is 25.8 Å². The fourth-order valence-corrected chi connectivity index (χ4v) is 7.29. The van der Waals surface area contributed by atoms with Gasteiger partial charge in [0.05, 0.1) is 43.0 Å². The van der Waals surface area contributed by atoms with Crippen LogP contribution in [0.2, 0.25) is 18.1 Å². The Kier molecular flexibility index (Phi) is 8.39. The van der Waals surface area contributed by atoms with Gasteiger partial charge < -0.3 is 18.6 Å². The molecule has 1 amide bonds. The van der Waals surface area contributed by atoms with Crippen LogP contribution < -0.4 is 4.74 Å². The van der Waals surface area contributed by atoms with Crippen LogP contribution in [0.4, 0.5) is 13.2 Å². The molecule has 230 valence electrons. The largest absolute Gasteiger partial charge is 0.495 e. The zero-order valence-electron chi connectivity index (χ0n) is 25.9. The Hall–Kier alpha value is -3.37. The molecule has 3 aromatic rings. The van der Waals surface area contributed by atoms with Crippen LogP contribution in [-0.4, -0.2) is 47.9 Å². The van der Waals surface area contributed by atoms with E-state index < -0.39 is 31.8 Å². The minimum Gasteiger partial charge on any atom is -0.495 e. The highest BCUT2D eigenvalue weighted by Gasteiger charge is 2.48. The van der Waals surface area contributed by atoms with E-state index in [2.05, 4.69) is 38.8 Å². The van der Waals surface area contributed by atoms with Crippen LogP contribution in [0.1, 0.15) is 69.3 Å². The number of amides is 1. The lowest BCUT2D eigenvalue weighted by molar-refractivity contribution is -0.142. The third-order valence-electron chi connectivity index (χ3n) is 9.21. The minimum atomic E-state index is -2.26. The zero-order chi connectivity index (χ0) is 31.3. The van der Waals surface area contributed by atoms with Crippen molar-refractivity contribution in [2.24, 2.45) is 0 Å². The van der Waals surface area contributed by atoms with Gasteiger partial charge in [0.1, 0.15) is 5.75 Å². The highest BCUT2D eigenvalue weighted by molar-refractivity contribution is 6.74. The van der Waals surface area contributed by atoms with E-state index in [1.54, 1.807) is 18.3 Å². The second kappa shape index (κ2) is 11.6. The van der Waals surface area contributed by atoms with Crippen LogP contribution in [0.25, 0.3) is 11.8 Å². The molecule has 0 spiro atoms. The summed E-state index contributed by atoms with van der Waals surface area (Å²) in [5.41, 5.74) is 3.26. The first-order valence-electron chi connectivity index (χ1n) is 14.7. The van der Waals surface area contributed by atoms with E-state index in [1.807, 2.05) is 42.0 Å². The SMILES string of the molecule is COc1cc(C=C2CC(O[Si](C)(C)C(C)(C)C)C3CCCC(c4cc(F)c(F)c(F)c4)N3C2=O)ccc1-n1cnc(C)c1. The zero-order valence-corrected chi connectivity index (χ0v) is 26.9. The van der Waals surface area contributed by atoms with E-state index in [9.17, 15) is 18.0 Å². The van der Waals surface area contributed by atoms with Crippen molar-refractivity contribution in [1.29, 1.82) is 0 Å². The van der Waals surface area contributed by atoms with Gasteiger partial charge in [0.2, 0.25) is 0 Å². The Morgan fingerprint density at radius 2 is 1.77 bits per heavy atom. The molecule has 0 bridgehead atoms. The maximum Gasteiger partial charge on any atom is 0.250 e. The van der Waals surface area contributed by atoms with Crippen LogP contribution in [0.15, 0.2) is 48.4 Å². The smallest absolute Gasteiger partial charge is 0.250 e. The number of aryl methyl sites for hydroxylation is 1. The van der Waals surface area contributed by atoms with Crippen LogP contribution in [-0.2, 0) is 9.22 Å². The number of rotatable bonds is 6. The molecule has 6 nitrogen and oxygen atoms in total. The maximum atomic E-state index is 14.4. The summed E-state index contributed by atoms with van der Waals surface area (Å²) < 4.78 is 57.2. The van der Waals surface area contributed by atoms with Gasteiger partial charge in [-0.05, 0) is 85.8 Å². The standard InChI is InChI=1S/C33H40F3N3O3Si/c1-20-18-38(19-37-20)27-12-11-21(14-29(27)41-5)13-23-17-30(42-43(6,7)33(2,3)4)28-10-8-9-26(39(28)32(23)40)22-15-24(34)31(36)25(35)16-22/h11-16,18-19,26,28,30H,8-10,17H2,1-7H3. The molecule has 10 heteroatoms. The first kappa shape index (κ1) is 31.1. The lowest BCUT2D eigenvalue weighted by Crippen LogP contribution is -2.59. The number of methoxy groups -OCH3 is 1. The number of carbonyl (C=O) groups excluding carboxylic acids is 1. The van der Waals surface area contributed by atoms with E-state index in [0.717, 1.165) is 35.5 Å². The summed E-state index contributed by atoms with van der Waals surface area (Å²) in [5.74, 6) is -3.61. The van der Waals surface area contributed by atoms with Gasteiger partial charge >= 0.3 is 0 Å². The molecule has 2 aliphatic heterocycles. The van der Waals surface area contributed by atoms with Gasteiger partial charge in [-0.1, -0.05) is 26.8 Å². The third kappa shape index (κ3) is 6.04. The molecule has 1 aromatic heterocycles. The van der Waals surface area contributed by atoms with Gasteiger partial charge in [-0.25, -0.2) is 18.2 Å². The first-order valence-corrected chi connectivity index (χ1v) is 17.7. The van der Waals surface area contributed by atoms with Crippen molar-refractivity contribution in [3.05, 3.63) is 82.7 Å². The van der Waals surface area contributed by atoms with Crippen molar-refractivity contribution in [3.63, 3.8) is 0 Å². The molecule has 0 saturated carbocycles. The molecule has 2 saturated heterocycles. The van der Waals surface area contributed by atoms with Crippen molar-refractivity contribution in [2.45, 2.75) is 89.7 Å². The van der Waals surface area contributed by atoms with Gasteiger partial charge in [0, 0.05) is 18.2 Å². The lowest BCUT2D eigenvalue weighted by Gasteiger charge is -2.51. The summed E-state index contributed by atoms with van der Waals surface area (Å²) >= 11 is 0. The van der Waals surface area contributed by atoms with E-state index in [-0.39, 0.29) is 28.7 Å². The number of imidazole rings is 1. The van der Waals surface area contributed by atoms with Crippen molar-refractivity contribution in [3.8, 4) is 11.4 Å². The van der Waals surface area contributed by atoms with Crippen molar-refractivity contribution >= 4 is 20.3 Å². The summed E-state index contributed by atoms with van der Waals surface area (Å²) in [4.78, 5) is 20.3. The van der Waals surface area contributed by atoms with Crippen molar-refractivity contribution in [1.82, 2.24) is 14.5 Å². The summed E-state index contributed by atoms with van der Waals surface area (Å²) in [6, 6.07) is 6.87. The number of fused-ring (bicyclic) bond motifs is 1. The summed E-state index contributed by atoms with van der Waals surface area (Å²) in [6.45, 7) is 12.8. The van der Waals surface area contributed by atoms with Crippen LogP contribution >= 0.6 is 0 Å². The molecular weight excluding hydrogens is 571 g/mol. The van der Waals surface area contributed by atoms with Crippen LogP contribution in [0.3, 0.4) is 0 Å². The average Bonchev–Trinajstić information content (AvgIpc) is 3.38. The van der Waals surface area contributed by atoms with Gasteiger partial charge in [-0.2, -0.15) is 0 Å². The summed E-state index contributed by atoms with van der Waals surface area (Å²) in [7, 11) is -0.665. The molecule has 0 N–H and O–H groups in total. The topological polar surface area (TPSA) is 56.6 Å². The molecule has 43 heavy (non-hydrogen) atoms. The number of piperidine rings is 2. The molecule has 0 aliphatic carbocycles. The highest BCUT2D eigenvalue weighted by Crippen LogP contribution is 2.45. The molecule has 3 atom stereocenters. The molecule has 3 unspecified atom stereocenters. The molecule has 2 aromatic carbocycles. The molecule has 0 radical (unpaired) electrons. The van der Waals surface area contributed by atoms with Crippen LogP contribution in [0.5, 0.6) is 5.75 Å². The molecule has 2 fully saturated rings. The lowest BCUT2D eigenvalue weighted by atomic mass is 9.82. The van der Waals surface area contributed by atoms with E-state index in [4.69, 9.17) is 9.16 Å². The second-order valence-corrected chi connectivity index (χ2v) is 17.9. The van der Waals surface area contributed by atoms with E-state index in [1.165, 1.54) is 0 Å². The predicted octanol–water partition coefficient (Wildman–Crippen LogP) is 7.91. The van der Waals surface area contributed by atoms with Gasteiger partial charge in [0.25, 0.3) is 5.91 Å². The number of hydrogen-bond acceptors (Lipinski definition) is 4. The van der Waals surface area contributed by atoms with Gasteiger partial charge in [-0.15, -0.1) is 0 Å². The van der Waals surface area contributed by atoms with Crippen LogP contribution in [0, 0.1) is 24.4 Å². The Morgan fingerprint density at radius 3 is 2.37 bits per heavy atom. The monoisotopic (exact) mass is 611 g/mol. The quantitative estimate of drug-likeness (QED) is 0.162. The number of nitrogens with zero attached hydrogens (tertiary/aromatic N) is 3. The fourth-order valence-electron chi connectivity index (χ4n) is 5.94.